The summed E-state index contributed by atoms with van der Waals surface area (Å²) in [6, 6.07) is 7.40. The molecule has 1 N–H and O–H groups in total. The van der Waals surface area contributed by atoms with Gasteiger partial charge < -0.3 is 10.2 Å². The number of hydrogen-bond acceptors (Lipinski definition) is 5. The van der Waals surface area contributed by atoms with E-state index < -0.39 is 5.54 Å². The van der Waals surface area contributed by atoms with Crippen LogP contribution in [0, 0.1) is 0 Å². The molecule has 4 rings (SSSR count). The van der Waals surface area contributed by atoms with E-state index in [1.54, 1.807) is 23.0 Å². The predicted octanol–water partition coefficient (Wildman–Crippen LogP) is 2.43. The summed E-state index contributed by atoms with van der Waals surface area (Å²) in [7, 11) is 1.78. The molecular weight excluding hydrogens is 396 g/mol. The van der Waals surface area contributed by atoms with Gasteiger partial charge in [0.05, 0.1) is 11.7 Å². The van der Waals surface area contributed by atoms with Crippen LogP contribution in [0.5, 0.6) is 0 Å². The quantitative estimate of drug-likeness (QED) is 0.688. The molecule has 1 spiro atoms. The van der Waals surface area contributed by atoms with Gasteiger partial charge in [-0.3, -0.25) is 14.5 Å². The largest absolute Gasteiger partial charge is 0.339 e. The third-order valence-corrected chi connectivity index (χ3v) is 6.51. The molecule has 164 valence electrons. The molecular formula is C22H28N6O3. The Morgan fingerprint density at radius 2 is 1.94 bits per heavy atom. The monoisotopic (exact) mass is 424 g/mol. The average Bonchev–Trinajstić information content (AvgIpc) is 3.52. The molecule has 1 saturated carbocycles. The zero-order valence-corrected chi connectivity index (χ0v) is 18.0. The molecule has 1 saturated heterocycles. The molecule has 2 fully saturated rings. The summed E-state index contributed by atoms with van der Waals surface area (Å²) in [4.78, 5) is 44.6. The molecule has 2 aliphatic rings. The summed E-state index contributed by atoms with van der Waals surface area (Å²) in [5.41, 5.74) is 1.22. The van der Waals surface area contributed by atoms with Crippen LogP contribution in [0.15, 0.2) is 36.9 Å². The van der Waals surface area contributed by atoms with Crippen LogP contribution in [0.1, 0.15) is 57.1 Å². The van der Waals surface area contributed by atoms with Gasteiger partial charge in [0.25, 0.3) is 5.91 Å². The number of rotatable bonds is 7. The van der Waals surface area contributed by atoms with Gasteiger partial charge in [-0.25, -0.2) is 14.5 Å². The molecule has 0 radical (unpaired) electrons. The third-order valence-electron chi connectivity index (χ3n) is 6.51. The fraction of sp³-hybridized carbons (Fsp3) is 0.500. The molecule has 1 aliphatic carbocycles. The minimum Gasteiger partial charge on any atom is -0.339 e. The molecule has 1 aromatic carbocycles. The molecule has 1 atom stereocenters. The normalized spacial score (nSPS) is 18.5. The molecule has 4 amide bonds. The van der Waals surface area contributed by atoms with Crippen LogP contribution in [0.2, 0.25) is 0 Å². The van der Waals surface area contributed by atoms with Crippen LogP contribution >= 0.6 is 0 Å². The van der Waals surface area contributed by atoms with Crippen molar-refractivity contribution in [1.82, 2.24) is 29.9 Å². The van der Waals surface area contributed by atoms with Gasteiger partial charge in [0.2, 0.25) is 5.91 Å². The highest BCUT2D eigenvalue weighted by atomic mass is 16.2. The lowest BCUT2D eigenvalue weighted by Crippen LogP contribution is -2.44. The smallest absolute Gasteiger partial charge is 0.325 e. The Balaban J connectivity index is 1.29. The number of imide groups is 1. The molecule has 1 aliphatic heterocycles. The first kappa shape index (κ1) is 21.0. The molecule has 0 bridgehead atoms. The first-order chi connectivity index (χ1) is 14.9. The fourth-order valence-electron chi connectivity index (χ4n) is 4.45. The van der Waals surface area contributed by atoms with Crippen molar-refractivity contribution < 1.29 is 14.4 Å². The fourth-order valence-corrected chi connectivity index (χ4v) is 4.45. The molecule has 9 nitrogen and oxygen atoms in total. The SMILES string of the molecule is C[C@H](c1ccc(-n2cncn2)cc1)N(C)C(=O)CCCN1C(=O)NC2(CCCC2)C1=O. The van der Waals surface area contributed by atoms with E-state index in [0.29, 0.717) is 19.3 Å². The first-order valence-corrected chi connectivity index (χ1v) is 10.8. The summed E-state index contributed by atoms with van der Waals surface area (Å²) in [5.74, 6) is -0.146. The number of amides is 4. The van der Waals surface area contributed by atoms with E-state index in [-0.39, 0.29) is 36.9 Å². The third kappa shape index (κ3) is 4.04. The van der Waals surface area contributed by atoms with Gasteiger partial charge in [0, 0.05) is 20.0 Å². The van der Waals surface area contributed by atoms with Crippen LogP contribution in [-0.4, -0.2) is 61.5 Å². The van der Waals surface area contributed by atoms with Gasteiger partial charge in [-0.15, -0.1) is 0 Å². The number of benzene rings is 1. The van der Waals surface area contributed by atoms with Crippen LogP contribution in [0.3, 0.4) is 0 Å². The van der Waals surface area contributed by atoms with Crippen molar-refractivity contribution in [1.29, 1.82) is 0 Å². The maximum Gasteiger partial charge on any atom is 0.325 e. The topological polar surface area (TPSA) is 100 Å². The lowest BCUT2D eigenvalue weighted by atomic mass is 9.98. The molecule has 0 unspecified atom stereocenters. The Morgan fingerprint density at radius 3 is 2.58 bits per heavy atom. The minimum absolute atomic E-state index is 0.0181. The minimum atomic E-state index is -0.690. The highest BCUT2D eigenvalue weighted by molar-refractivity contribution is 6.07. The standard InChI is InChI=1S/C22H28N6O3/c1-16(17-7-9-18(10-8-17)28-15-23-14-24-28)26(2)19(29)6-5-13-27-20(30)22(25-21(27)31)11-3-4-12-22/h7-10,14-16H,3-6,11-13H2,1-2H3,(H,25,31)/t16-/m1/s1. The maximum absolute atomic E-state index is 12.7. The Kier molecular flexibility index (Phi) is 5.75. The molecule has 2 heterocycles. The van der Waals surface area contributed by atoms with Crippen molar-refractivity contribution in [3.8, 4) is 5.69 Å². The lowest BCUT2D eigenvalue weighted by Gasteiger charge is -2.26. The zero-order valence-electron chi connectivity index (χ0n) is 18.0. The van der Waals surface area contributed by atoms with Crippen LogP contribution in [0.4, 0.5) is 4.79 Å². The van der Waals surface area contributed by atoms with Gasteiger partial charge in [0.1, 0.15) is 18.2 Å². The van der Waals surface area contributed by atoms with Gasteiger partial charge in [-0.1, -0.05) is 25.0 Å². The zero-order chi connectivity index (χ0) is 22.0. The van der Waals surface area contributed by atoms with Crippen LogP contribution in [0.25, 0.3) is 5.69 Å². The van der Waals surface area contributed by atoms with Gasteiger partial charge in [-0.2, -0.15) is 5.10 Å². The van der Waals surface area contributed by atoms with Crippen molar-refractivity contribution >= 4 is 17.8 Å². The summed E-state index contributed by atoms with van der Waals surface area (Å²) >= 11 is 0. The summed E-state index contributed by atoms with van der Waals surface area (Å²) < 4.78 is 1.68. The number of carbonyl (C=O) groups is 3. The Bertz CT molecular complexity index is 950. The first-order valence-electron chi connectivity index (χ1n) is 10.8. The molecule has 31 heavy (non-hydrogen) atoms. The van der Waals surface area contributed by atoms with E-state index in [2.05, 4.69) is 15.4 Å². The Hall–Kier alpha value is -3.23. The molecule has 1 aromatic heterocycles. The van der Waals surface area contributed by atoms with Crippen molar-refractivity contribution in [2.75, 3.05) is 13.6 Å². The number of nitrogens with zero attached hydrogens (tertiary/aromatic N) is 5. The van der Waals surface area contributed by atoms with Crippen molar-refractivity contribution in [3.05, 3.63) is 42.5 Å². The van der Waals surface area contributed by atoms with E-state index in [1.807, 2.05) is 31.2 Å². The Morgan fingerprint density at radius 1 is 1.23 bits per heavy atom. The Labute approximate surface area is 181 Å². The second-order valence-electron chi connectivity index (χ2n) is 8.39. The molecule has 9 heteroatoms. The van der Waals surface area contributed by atoms with Crippen molar-refractivity contribution in [3.63, 3.8) is 0 Å². The highest BCUT2D eigenvalue weighted by Crippen LogP contribution is 2.35. The van der Waals surface area contributed by atoms with E-state index >= 15 is 0 Å². The average molecular weight is 425 g/mol. The van der Waals surface area contributed by atoms with Gasteiger partial charge >= 0.3 is 6.03 Å². The molecule has 2 aromatic rings. The number of nitrogens with one attached hydrogen (secondary N) is 1. The second-order valence-corrected chi connectivity index (χ2v) is 8.39. The van der Waals surface area contributed by atoms with E-state index in [1.165, 1.54) is 11.2 Å². The van der Waals surface area contributed by atoms with E-state index in [9.17, 15) is 14.4 Å². The number of hydrogen-bond donors (Lipinski definition) is 1. The van der Waals surface area contributed by atoms with Gasteiger partial charge in [-0.05, 0) is 43.9 Å². The van der Waals surface area contributed by atoms with E-state index in [4.69, 9.17) is 0 Å². The van der Waals surface area contributed by atoms with Crippen LogP contribution in [-0.2, 0) is 9.59 Å². The summed E-state index contributed by atoms with van der Waals surface area (Å²) in [6.45, 7) is 2.25. The number of urea groups is 1. The maximum atomic E-state index is 12.7. The predicted molar refractivity (Wildman–Crippen MR) is 113 cm³/mol. The lowest BCUT2D eigenvalue weighted by molar-refractivity contribution is -0.133. The number of aromatic nitrogens is 3. The van der Waals surface area contributed by atoms with E-state index in [0.717, 1.165) is 24.1 Å². The summed E-state index contributed by atoms with van der Waals surface area (Å²) in [5, 5.41) is 6.99. The van der Waals surface area contributed by atoms with Gasteiger partial charge in [0.15, 0.2) is 0 Å². The summed E-state index contributed by atoms with van der Waals surface area (Å²) in [6.07, 6.45) is 7.19. The highest BCUT2D eigenvalue weighted by Gasteiger charge is 2.52. The number of carbonyl (C=O) groups excluding carboxylic acids is 3. The van der Waals surface area contributed by atoms with Crippen molar-refractivity contribution in [2.24, 2.45) is 0 Å². The second kappa shape index (κ2) is 8.49. The van der Waals surface area contributed by atoms with Crippen LogP contribution < -0.4 is 5.32 Å². The van der Waals surface area contributed by atoms with Crippen molar-refractivity contribution in [2.45, 2.75) is 57.0 Å².